The van der Waals surface area contributed by atoms with E-state index in [2.05, 4.69) is 36.3 Å². The van der Waals surface area contributed by atoms with Crippen LogP contribution in [0.25, 0.3) is 0 Å². The second-order valence-corrected chi connectivity index (χ2v) is 4.75. The summed E-state index contributed by atoms with van der Waals surface area (Å²) in [5.41, 5.74) is 0. The lowest BCUT2D eigenvalue weighted by atomic mass is 9.90. The van der Waals surface area contributed by atoms with Crippen molar-refractivity contribution >= 4 is 0 Å². The van der Waals surface area contributed by atoms with Gasteiger partial charge in [0, 0.05) is 19.1 Å². The van der Waals surface area contributed by atoms with Crippen LogP contribution in [0.1, 0.15) is 12.8 Å². The summed E-state index contributed by atoms with van der Waals surface area (Å²) < 4.78 is 0. The molecule has 1 saturated heterocycles. The Hall–Kier alpha value is -0.120. The highest BCUT2D eigenvalue weighted by atomic mass is 15.2. The molecule has 0 aromatic heterocycles. The summed E-state index contributed by atoms with van der Waals surface area (Å²) in [6.07, 6.45) is 2.74. The van der Waals surface area contributed by atoms with Crippen LogP contribution in [0.2, 0.25) is 0 Å². The highest BCUT2D eigenvalue weighted by molar-refractivity contribution is 4.82. The van der Waals surface area contributed by atoms with Gasteiger partial charge in [-0.15, -0.1) is 0 Å². The first kappa shape index (κ1) is 12.0. The van der Waals surface area contributed by atoms with Gasteiger partial charge in [0.05, 0.1) is 0 Å². The lowest BCUT2D eigenvalue weighted by Gasteiger charge is -2.38. The van der Waals surface area contributed by atoms with E-state index in [1.54, 1.807) is 0 Å². The van der Waals surface area contributed by atoms with Crippen LogP contribution in [0.15, 0.2) is 0 Å². The first-order valence-corrected chi connectivity index (χ1v) is 5.64. The SMILES string of the molecule is CNCC(C1CCCN(C)C1)N(C)C. The van der Waals surface area contributed by atoms with Gasteiger partial charge in [0.15, 0.2) is 0 Å². The zero-order chi connectivity index (χ0) is 10.6. The van der Waals surface area contributed by atoms with E-state index in [4.69, 9.17) is 0 Å². The molecule has 0 aromatic rings. The van der Waals surface area contributed by atoms with E-state index in [-0.39, 0.29) is 0 Å². The van der Waals surface area contributed by atoms with E-state index in [0.29, 0.717) is 6.04 Å². The van der Waals surface area contributed by atoms with Crippen LogP contribution < -0.4 is 5.32 Å². The molecule has 1 rings (SSSR count). The van der Waals surface area contributed by atoms with E-state index in [1.165, 1.54) is 25.9 Å². The summed E-state index contributed by atoms with van der Waals surface area (Å²) >= 11 is 0. The number of nitrogens with zero attached hydrogens (tertiary/aromatic N) is 2. The molecule has 3 heteroatoms. The summed E-state index contributed by atoms with van der Waals surface area (Å²) in [5, 5.41) is 3.30. The van der Waals surface area contributed by atoms with Crippen LogP contribution in [0.5, 0.6) is 0 Å². The number of hydrogen-bond donors (Lipinski definition) is 1. The molecule has 0 bridgehead atoms. The average Bonchev–Trinajstić information content (AvgIpc) is 2.13. The van der Waals surface area contributed by atoms with Crippen molar-refractivity contribution in [3.63, 3.8) is 0 Å². The second kappa shape index (κ2) is 5.69. The van der Waals surface area contributed by atoms with Gasteiger partial charge >= 0.3 is 0 Å². The molecule has 1 fully saturated rings. The molecule has 2 atom stereocenters. The standard InChI is InChI=1S/C11H25N3/c1-12-8-11(13(2)3)10-6-5-7-14(4)9-10/h10-12H,5-9H2,1-4H3. The van der Waals surface area contributed by atoms with Crippen molar-refractivity contribution in [1.29, 1.82) is 0 Å². The Morgan fingerprint density at radius 3 is 2.71 bits per heavy atom. The highest BCUT2D eigenvalue weighted by Crippen LogP contribution is 2.20. The van der Waals surface area contributed by atoms with Crippen molar-refractivity contribution in [2.45, 2.75) is 18.9 Å². The molecule has 1 aliphatic heterocycles. The molecule has 3 nitrogen and oxygen atoms in total. The topological polar surface area (TPSA) is 18.5 Å². The molecular formula is C11H25N3. The van der Waals surface area contributed by atoms with Crippen molar-refractivity contribution in [3.8, 4) is 0 Å². The van der Waals surface area contributed by atoms with Gasteiger partial charge in [0.1, 0.15) is 0 Å². The summed E-state index contributed by atoms with van der Waals surface area (Å²) in [5.74, 6) is 0.830. The number of hydrogen-bond acceptors (Lipinski definition) is 3. The molecule has 1 aliphatic rings. The van der Waals surface area contributed by atoms with E-state index in [9.17, 15) is 0 Å². The summed E-state index contributed by atoms with van der Waals surface area (Å²) in [7, 11) is 8.66. The Morgan fingerprint density at radius 2 is 2.21 bits per heavy atom. The summed E-state index contributed by atoms with van der Waals surface area (Å²) in [4.78, 5) is 4.82. The van der Waals surface area contributed by atoms with Crippen LogP contribution in [0.4, 0.5) is 0 Å². The van der Waals surface area contributed by atoms with Crippen LogP contribution in [-0.2, 0) is 0 Å². The predicted octanol–water partition coefficient (Wildman–Crippen LogP) is 0.478. The van der Waals surface area contributed by atoms with Gasteiger partial charge in [-0.3, -0.25) is 0 Å². The number of likely N-dealkylation sites (tertiary alicyclic amines) is 1. The molecule has 0 spiro atoms. The molecule has 1 heterocycles. The lowest BCUT2D eigenvalue weighted by Crippen LogP contribution is -2.48. The Labute approximate surface area is 88.5 Å². The smallest absolute Gasteiger partial charge is 0.0254 e. The minimum absolute atomic E-state index is 0.683. The van der Waals surface area contributed by atoms with Crippen LogP contribution in [0.3, 0.4) is 0 Å². The van der Waals surface area contributed by atoms with Gasteiger partial charge in [0.2, 0.25) is 0 Å². The highest BCUT2D eigenvalue weighted by Gasteiger charge is 2.26. The fourth-order valence-electron chi connectivity index (χ4n) is 2.50. The molecule has 0 saturated carbocycles. The fourth-order valence-corrected chi connectivity index (χ4v) is 2.50. The molecule has 0 aliphatic carbocycles. The Bertz CT molecular complexity index is 159. The van der Waals surface area contributed by atoms with Crippen molar-refractivity contribution in [3.05, 3.63) is 0 Å². The molecular weight excluding hydrogens is 174 g/mol. The van der Waals surface area contributed by atoms with E-state index >= 15 is 0 Å². The first-order chi connectivity index (χ1) is 6.65. The number of rotatable bonds is 4. The monoisotopic (exact) mass is 199 g/mol. The lowest BCUT2D eigenvalue weighted by molar-refractivity contribution is 0.122. The van der Waals surface area contributed by atoms with Crippen molar-refractivity contribution in [2.24, 2.45) is 5.92 Å². The molecule has 2 unspecified atom stereocenters. The zero-order valence-electron chi connectivity index (χ0n) is 10.1. The number of likely N-dealkylation sites (N-methyl/N-ethyl adjacent to an activating group) is 2. The molecule has 0 radical (unpaired) electrons. The van der Waals surface area contributed by atoms with Gasteiger partial charge in [0.25, 0.3) is 0 Å². The maximum Gasteiger partial charge on any atom is 0.0254 e. The molecule has 1 N–H and O–H groups in total. The zero-order valence-corrected chi connectivity index (χ0v) is 10.1. The van der Waals surface area contributed by atoms with Gasteiger partial charge in [-0.25, -0.2) is 0 Å². The quantitative estimate of drug-likeness (QED) is 0.710. The van der Waals surface area contributed by atoms with Crippen molar-refractivity contribution < 1.29 is 0 Å². The molecule has 0 amide bonds. The third-order valence-electron chi connectivity index (χ3n) is 3.28. The van der Waals surface area contributed by atoms with Gasteiger partial charge in [-0.1, -0.05) is 0 Å². The normalized spacial score (nSPS) is 26.8. The first-order valence-electron chi connectivity index (χ1n) is 5.64. The summed E-state index contributed by atoms with van der Waals surface area (Å²) in [6.45, 7) is 3.63. The molecule has 0 aromatic carbocycles. The maximum absolute atomic E-state index is 3.30. The number of nitrogens with one attached hydrogen (secondary N) is 1. The summed E-state index contributed by atoms with van der Waals surface area (Å²) in [6, 6.07) is 0.683. The van der Waals surface area contributed by atoms with E-state index < -0.39 is 0 Å². The largest absolute Gasteiger partial charge is 0.318 e. The molecule has 14 heavy (non-hydrogen) atoms. The van der Waals surface area contributed by atoms with Crippen LogP contribution >= 0.6 is 0 Å². The predicted molar refractivity (Wildman–Crippen MR) is 61.6 cm³/mol. The van der Waals surface area contributed by atoms with Gasteiger partial charge in [-0.2, -0.15) is 0 Å². The average molecular weight is 199 g/mol. The third kappa shape index (κ3) is 3.23. The van der Waals surface area contributed by atoms with Gasteiger partial charge in [-0.05, 0) is 53.5 Å². The van der Waals surface area contributed by atoms with E-state index in [1.807, 2.05) is 7.05 Å². The van der Waals surface area contributed by atoms with Crippen LogP contribution in [-0.4, -0.2) is 63.7 Å². The van der Waals surface area contributed by atoms with Crippen molar-refractivity contribution in [2.75, 3.05) is 47.8 Å². The minimum Gasteiger partial charge on any atom is -0.318 e. The van der Waals surface area contributed by atoms with Crippen LogP contribution in [0, 0.1) is 5.92 Å². The molecule has 84 valence electrons. The van der Waals surface area contributed by atoms with E-state index in [0.717, 1.165) is 12.5 Å². The number of piperidine rings is 1. The third-order valence-corrected chi connectivity index (χ3v) is 3.28. The minimum atomic E-state index is 0.683. The Balaban J connectivity index is 2.48. The Kier molecular flexibility index (Phi) is 4.85. The Morgan fingerprint density at radius 1 is 1.50 bits per heavy atom. The van der Waals surface area contributed by atoms with Crippen molar-refractivity contribution in [1.82, 2.24) is 15.1 Å². The maximum atomic E-state index is 3.30. The fraction of sp³-hybridized carbons (Fsp3) is 1.00. The van der Waals surface area contributed by atoms with Gasteiger partial charge < -0.3 is 15.1 Å². The second-order valence-electron chi connectivity index (χ2n) is 4.75.